The Labute approximate surface area is 119 Å². The number of thiophene rings is 1. The summed E-state index contributed by atoms with van der Waals surface area (Å²) >= 11 is 1.74. The highest BCUT2D eigenvalue weighted by Crippen LogP contribution is 2.19. The van der Waals surface area contributed by atoms with E-state index in [0.29, 0.717) is 0 Å². The number of aromatic nitrogens is 1. The van der Waals surface area contributed by atoms with Crippen LogP contribution in [0, 0.1) is 6.92 Å². The second-order valence-corrected chi connectivity index (χ2v) is 5.53. The summed E-state index contributed by atoms with van der Waals surface area (Å²) in [5, 5.41) is 7.62. The molecular formula is C15H21N3S. The van der Waals surface area contributed by atoms with E-state index in [0.717, 1.165) is 25.5 Å². The van der Waals surface area contributed by atoms with Crippen LogP contribution in [0.2, 0.25) is 0 Å². The monoisotopic (exact) mass is 275 g/mol. The van der Waals surface area contributed by atoms with E-state index in [2.05, 4.69) is 59.0 Å². The number of aryl methyl sites for hydroxylation is 1. The highest BCUT2D eigenvalue weighted by atomic mass is 32.1. The van der Waals surface area contributed by atoms with Gasteiger partial charge in [-0.25, -0.2) is 4.98 Å². The lowest BCUT2D eigenvalue weighted by Gasteiger charge is -2.20. The minimum Gasteiger partial charge on any atom is -0.355 e. The topological polar surface area (TPSA) is 28.2 Å². The Bertz CT molecular complexity index is 508. The molecule has 4 heteroatoms. The first kappa shape index (κ1) is 14.0. The van der Waals surface area contributed by atoms with Crippen LogP contribution >= 0.6 is 11.3 Å². The van der Waals surface area contributed by atoms with Crippen molar-refractivity contribution in [1.82, 2.24) is 10.3 Å². The summed E-state index contributed by atoms with van der Waals surface area (Å²) in [6.07, 6.45) is 1.97. The third kappa shape index (κ3) is 3.78. The molecule has 0 aromatic carbocycles. The van der Waals surface area contributed by atoms with Gasteiger partial charge in [-0.3, -0.25) is 0 Å². The number of nitrogens with zero attached hydrogens (tertiary/aromatic N) is 2. The predicted octanol–water partition coefficient (Wildman–Crippen LogP) is 3.20. The fourth-order valence-corrected chi connectivity index (χ4v) is 2.78. The SMILES string of the molecule is CCNCc1cnc(N(C)Cc2ccsc2)c(C)c1. The van der Waals surface area contributed by atoms with Gasteiger partial charge in [0.2, 0.25) is 0 Å². The lowest BCUT2D eigenvalue weighted by molar-refractivity contribution is 0.723. The van der Waals surface area contributed by atoms with Crippen LogP contribution in [0.5, 0.6) is 0 Å². The summed E-state index contributed by atoms with van der Waals surface area (Å²) in [5.74, 6) is 1.06. The van der Waals surface area contributed by atoms with E-state index in [1.54, 1.807) is 11.3 Å². The third-order valence-corrected chi connectivity index (χ3v) is 3.78. The van der Waals surface area contributed by atoms with Crippen molar-refractivity contribution >= 4 is 17.2 Å². The van der Waals surface area contributed by atoms with Crippen LogP contribution in [0.4, 0.5) is 5.82 Å². The summed E-state index contributed by atoms with van der Waals surface area (Å²) in [7, 11) is 2.09. The summed E-state index contributed by atoms with van der Waals surface area (Å²) in [5.41, 5.74) is 3.81. The summed E-state index contributed by atoms with van der Waals surface area (Å²) in [4.78, 5) is 6.80. The fourth-order valence-electron chi connectivity index (χ4n) is 2.12. The van der Waals surface area contributed by atoms with E-state index < -0.39 is 0 Å². The Hall–Kier alpha value is -1.39. The van der Waals surface area contributed by atoms with Crippen LogP contribution in [-0.4, -0.2) is 18.6 Å². The maximum absolute atomic E-state index is 4.60. The van der Waals surface area contributed by atoms with E-state index in [1.807, 2.05) is 6.20 Å². The van der Waals surface area contributed by atoms with Crippen molar-refractivity contribution in [3.63, 3.8) is 0 Å². The summed E-state index contributed by atoms with van der Waals surface area (Å²) < 4.78 is 0. The largest absolute Gasteiger partial charge is 0.355 e. The van der Waals surface area contributed by atoms with E-state index in [1.165, 1.54) is 16.7 Å². The van der Waals surface area contributed by atoms with Crippen LogP contribution in [0.1, 0.15) is 23.6 Å². The van der Waals surface area contributed by atoms with Crippen molar-refractivity contribution < 1.29 is 0 Å². The summed E-state index contributed by atoms with van der Waals surface area (Å²) in [6, 6.07) is 4.38. The molecule has 0 spiro atoms. The molecule has 2 rings (SSSR count). The first-order valence-corrected chi connectivity index (χ1v) is 7.53. The maximum Gasteiger partial charge on any atom is 0.131 e. The molecule has 0 atom stereocenters. The van der Waals surface area contributed by atoms with Crippen LogP contribution in [-0.2, 0) is 13.1 Å². The number of pyridine rings is 1. The van der Waals surface area contributed by atoms with Crippen molar-refractivity contribution in [2.75, 3.05) is 18.5 Å². The zero-order valence-corrected chi connectivity index (χ0v) is 12.6. The Morgan fingerprint density at radius 1 is 1.37 bits per heavy atom. The molecule has 2 heterocycles. The number of anilines is 1. The van der Waals surface area contributed by atoms with Gasteiger partial charge in [0.25, 0.3) is 0 Å². The second kappa shape index (κ2) is 6.68. The first-order chi connectivity index (χ1) is 9.20. The average Bonchev–Trinajstić information content (AvgIpc) is 2.89. The summed E-state index contributed by atoms with van der Waals surface area (Å²) in [6.45, 7) is 7.02. The standard InChI is InChI=1S/C15H21N3S/c1-4-16-8-14-7-12(2)15(17-9-14)18(3)10-13-5-6-19-11-13/h5-7,9,11,16H,4,8,10H2,1-3H3. The van der Waals surface area contributed by atoms with Gasteiger partial charge in [0.15, 0.2) is 0 Å². The van der Waals surface area contributed by atoms with Crippen LogP contribution < -0.4 is 10.2 Å². The third-order valence-electron chi connectivity index (χ3n) is 3.05. The highest BCUT2D eigenvalue weighted by Gasteiger charge is 2.08. The van der Waals surface area contributed by atoms with Gasteiger partial charge in [-0.2, -0.15) is 11.3 Å². The fraction of sp³-hybridized carbons (Fsp3) is 0.400. The van der Waals surface area contributed by atoms with Crippen molar-refractivity contribution in [2.24, 2.45) is 0 Å². The lowest BCUT2D eigenvalue weighted by Crippen LogP contribution is -2.19. The maximum atomic E-state index is 4.60. The van der Waals surface area contributed by atoms with Gasteiger partial charge >= 0.3 is 0 Å². The Balaban J connectivity index is 2.07. The van der Waals surface area contributed by atoms with Crippen molar-refractivity contribution in [1.29, 1.82) is 0 Å². The second-order valence-electron chi connectivity index (χ2n) is 4.75. The van der Waals surface area contributed by atoms with E-state index in [9.17, 15) is 0 Å². The molecular weight excluding hydrogens is 254 g/mol. The van der Waals surface area contributed by atoms with E-state index >= 15 is 0 Å². The van der Waals surface area contributed by atoms with Gasteiger partial charge in [0.05, 0.1) is 0 Å². The first-order valence-electron chi connectivity index (χ1n) is 6.59. The molecule has 0 saturated heterocycles. The average molecular weight is 275 g/mol. The molecule has 19 heavy (non-hydrogen) atoms. The molecule has 102 valence electrons. The molecule has 1 N–H and O–H groups in total. The molecule has 0 radical (unpaired) electrons. The molecule has 0 fully saturated rings. The van der Waals surface area contributed by atoms with E-state index in [-0.39, 0.29) is 0 Å². The Morgan fingerprint density at radius 2 is 2.21 bits per heavy atom. The van der Waals surface area contributed by atoms with E-state index in [4.69, 9.17) is 0 Å². The number of nitrogens with one attached hydrogen (secondary N) is 1. The zero-order valence-electron chi connectivity index (χ0n) is 11.8. The molecule has 0 aliphatic carbocycles. The zero-order chi connectivity index (χ0) is 13.7. The van der Waals surface area contributed by atoms with Gasteiger partial charge in [-0.05, 0) is 53.1 Å². The lowest BCUT2D eigenvalue weighted by atomic mass is 10.2. The minimum atomic E-state index is 0.888. The van der Waals surface area contributed by atoms with Crippen LogP contribution in [0.25, 0.3) is 0 Å². The Kier molecular flexibility index (Phi) is 4.93. The Morgan fingerprint density at radius 3 is 2.84 bits per heavy atom. The smallest absolute Gasteiger partial charge is 0.131 e. The van der Waals surface area contributed by atoms with Gasteiger partial charge in [-0.1, -0.05) is 6.92 Å². The minimum absolute atomic E-state index is 0.888. The molecule has 0 bridgehead atoms. The van der Waals surface area contributed by atoms with Crippen molar-refractivity contribution in [2.45, 2.75) is 26.9 Å². The number of rotatable bonds is 6. The normalized spacial score (nSPS) is 10.7. The molecule has 2 aromatic heterocycles. The number of hydrogen-bond donors (Lipinski definition) is 1. The van der Waals surface area contributed by atoms with Crippen molar-refractivity contribution in [3.8, 4) is 0 Å². The van der Waals surface area contributed by atoms with Crippen LogP contribution in [0.15, 0.2) is 29.1 Å². The predicted molar refractivity (Wildman–Crippen MR) is 82.8 cm³/mol. The highest BCUT2D eigenvalue weighted by molar-refractivity contribution is 7.07. The number of hydrogen-bond acceptors (Lipinski definition) is 4. The van der Waals surface area contributed by atoms with Gasteiger partial charge < -0.3 is 10.2 Å². The quantitative estimate of drug-likeness (QED) is 0.877. The van der Waals surface area contributed by atoms with Gasteiger partial charge in [-0.15, -0.1) is 0 Å². The molecule has 3 nitrogen and oxygen atoms in total. The molecule has 2 aromatic rings. The molecule has 0 unspecified atom stereocenters. The van der Waals surface area contributed by atoms with Crippen LogP contribution in [0.3, 0.4) is 0 Å². The molecule has 0 amide bonds. The molecule has 0 aliphatic rings. The van der Waals surface area contributed by atoms with Crippen molar-refractivity contribution in [3.05, 3.63) is 45.8 Å². The molecule has 0 aliphatic heterocycles. The molecule has 0 saturated carbocycles. The van der Waals surface area contributed by atoms with Gasteiger partial charge in [0, 0.05) is 26.3 Å². The van der Waals surface area contributed by atoms with Gasteiger partial charge in [0.1, 0.15) is 5.82 Å².